The lowest BCUT2D eigenvalue weighted by Gasteiger charge is -2.22. The van der Waals surface area contributed by atoms with Crippen molar-refractivity contribution in [2.24, 2.45) is 5.73 Å². The SMILES string of the molecule is NC1CCCCCC1NC(=O)CCCc1cccs1. The molecule has 106 valence electrons. The molecule has 19 heavy (non-hydrogen) atoms. The van der Waals surface area contributed by atoms with Gasteiger partial charge in [0.2, 0.25) is 5.91 Å². The van der Waals surface area contributed by atoms with Crippen LogP contribution in [0, 0.1) is 0 Å². The van der Waals surface area contributed by atoms with Crippen molar-refractivity contribution in [3.8, 4) is 0 Å². The van der Waals surface area contributed by atoms with E-state index in [1.165, 1.54) is 24.1 Å². The molecule has 1 aromatic rings. The van der Waals surface area contributed by atoms with Crippen molar-refractivity contribution in [1.82, 2.24) is 5.32 Å². The molecule has 1 saturated carbocycles. The van der Waals surface area contributed by atoms with E-state index in [9.17, 15) is 4.79 Å². The summed E-state index contributed by atoms with van der Waals surface area (Å²) in [7, 11) is 0. The first-order valence-electron chi connectivity index (χ1n) is 7.33. The van der Waals surface area contributed by atoms with E-state index in [-0.39, 0.29) is 18.0 Å². The number of carbonyl (C=O) groups excluding carboxylic acids is 1. The van der Waals surface area contributed by atoms with Gasteiger partial charge in [0.15, 0.2) is 0 Å². The molecule has 3 N–H and O–H groups in total. The molecule has 1 heterocycles. The minimum atomic E-state index is 0.142. The number of amides is 1. The number of nitrogens with one attached hydrogen (secondary N) is 1. The molecule has 4 heteroatoms. The van der Waals surface area contributed by atoms with E-state index in [1.54, 1.807) is 11.3 Å². The Bertz CT molecular complexity index is 378. The number of hydrogen-bond donors (Lipinski definition) is 2. The molecule has 0 saturated heterocycles. The van der Waals surface area contributed by atoms with E-state index < -0.39 is 0 Å². The molecule has 0 aromatic carbocycles. The van der Waals surface area contributed by atoms with Crippen molar-refractivity contribution in [1.29, 1.82) is 0 Å². The molecule has 1 aliphatic carbocycles. The Balaban J connectivity index is 1.68. The zero-order valence-electron chi connectivity index (χ0n) is 11.4. The van der Waals surface area contributed by atoms with Gasteiger partial charge in [-0.05, 0) is 37.1 Å². The van der Waals surface area contributed by atoms with Gasteiger partial charge in [0.25, 0.3) is 0 Å². The fraction of sp³-hybridized carbons (Fsp3) is 0.667. The van der Waals surface area contributed by atoms with Gasteiger partial charge >= 0.3 is 0 Å². The highest BCUT2D eigenvalue weighted by Crippen LogP contribution is 2.17. The monoisotopic (exact) mass is 280 g/mol. The number of hydrogen-bond acceptors (Lipinski definition) is 3. The van der Waals surface area contributed by atoms with Crippen LogP contribution in [0.4, 0.5) is 0 Å². The Hall–Kier alpha value is -0.870. The predicted octanol–water partition coefficient (Wildman–Crippen LogP) is 2.85. The van der Waals surface area contributed by atoms with Crippen molar-refractivity contribution in [3.63, 3.8) is 0 Å². The van der Waals surface area contributed by atoms with E-state index in [2.05, 4.69) is 22.8 Å². The quantitative estimate of drug-likeness (QED) is 0.815. The highest BCUT2D eigenvalue weighted by Gasteiger charge is 2.21. The lowest BCUT2D eigenvalue weighted by Crippen LogP contribution is -2.46. The van der Waals surface area contributed by atoms with Gasteiger partial charge in [0.05, 0.1) is 0 Å². The summed E-state index contributed by atoms with van der Waals surface area (Å²) in [5.74, 6) is 0.166. The summed E-state index contributed by atoms with van der Waals surface area (Å²) in [5, 5.41) is 5.21. The molecular formula is C15H24N2OS. The Morgan fingerprint density at radius 1 is 1.37 bits per heavy atom. The van der Waals surface area contributed by atoms with E-state index in [1.807, 2.05) is 0 Å². The number of carbonyl (C=O) groups is 1. The molecule has 0 aliphatic heterocycles. The fourth-order valence-electron chi connectivity index (χ4n) is 2.67. The molecular weight excluding hydrogens is 256 g/mol. The second kappa shape index (κ2) is 7.65. The maximum atomic E-state index is 11.9. The molecule has 2 atom stereocenters. The van der Waals surface area contributed by atoms with Crippen molar-refractivity contribution in [2.75, 3.05) is 0 Å². The second-order valence-electron chi connectivity index (χ2n) is 5.41. The van der Waals surface area contributed by atoms with Crippen molar-refractivity contribution < 1.29 is 4.79 Å². The van der Waals surface area contributed by atoms with E-state index in [0.717, 1.165) is 25.7 Å². The average molecular weight is 280 g/mol. The molecule has 1 amide bonds. The Morgan fingerprint density at radius 2 is 2.21 bits per heavy atom. The van der Waals surface area contributed by atoms with Gasteiger partial charge in [-0.25, -0.2) is 0 Å². The number of nitrogens with two attached hydrogens (primary N) is 1. The largest absolute Gasteiger partial charge is 0.352 e. The zero-order valence-corrected chi connectivity index (χ0v) is 12.3. The fourth-order valence-corrected chi connectivity index (χ4v) is 3.42. The first kappa shape index (κ1) is 14.5. The molecule has 0 spiro atoms. The van der Waals surface area contributed by atoms with Crippen LogP contribution < -0.4 is 11.1 Å². The van der Waals surface area contributed by atoms with Crippen LogP contribution in [0.3, 0.4) is 0 Å². The molecule has 1 aromatic heterocycles. The molecule has 0 bridgehead atoms. The third-order valence-electron chi connectivity index (χ3n) is 3.82. The second-order valence-corrected chi connectivity index (χ2v) is 6.44. The summed E-state index contributed by atoms with van der Waals surface area (Å²) in [6, 6.07) is 4.52. The third kappa shape index (κ3) is 4.96. The van der Waals surface area contributed by atoms with Crippen molar-refractivity contribution in [2.45, 2.75) is 63.5 Å². The van der Waals surface area contributed by atoms with Crippen LogP contribution in [-0.4, -0.2) is 18.0 Å². The average Bonchev–Trinajstić information content (AvgIpc) is 2.82. The molecule has 0 radical (unpaired) electrons. The molecule has 3 nitrogen and oxygen atoms in total. The highest BCUT2D eigenvalue weighted by molar-refractivity contribution is 7.09. The smallest absolute Gasteiger partial charge is 0.220 e. The molecule has 2 unspecified atom stereocenters. The van der Waals surface area contributed by atoms with Gasteiger partial charge in [-0.1, -0.05) is 25.3 Å². The van der Waals surface area contributed by atoms with Gasteiger partial charge in [-0.3, -0.25) is 4.79 Å². The van der Waals surface area contributed by atoms with Crippen LogP contribution in [0.15, 0.2) is 17.5 Å². The van der Waals surface area contributed by atoms with E-state index >= 15 is 0 Å². The summed E-state index contributed by atoms with van der Waals surface area (Å²) in [6.45, 7) is 0. The maximum absolute atomic E-state index is 11.9. The van der Waals surface area contributed by atoms with Crippen LogP contribution >= 0.6 is 11.3 Å². The minimum absolute atomic E-state index is 0.142. The summed E-state index contributed by atoms with van der Waals surface area (Å²) in [4.78, 5) is 13.3. The Morgan fingerprint density at radius 3 is 3.00 bits per heavy atom. The minimum Gasteiger partial charge on any atom is -0.352 e. The van der Waals surface area contributed by atoms with Crippen LogP contribution in [0.25, 0.3) is 0 Å². The summed E-state index contributed by atoms with van der Waals surface area (Å²) < 4.78 is 0. The first-order valence-corrected chi connectivity index (χ1v) is 8.21. The first-order chi connectivity index (χ1) is 9.25. The van der Waals surface area contributed by atoms with Crippen LogP contribution in [0.5, 0.6) is 0 Å². The maximum Gasteiger partial charge on any atom is 0.220 e. The third-order valence-corrected chi connectivity index (χ3v) is 4.76. The lowest BCUT2D eigenvalue weighted by atomic mass is 10.0. The highest BCUT2D eigenvalue weighted by atomic mass is 32.1. The van der Waals surface area contributed by atoms with E-state index in [0.29, 0.717) is 6.42 Å². The normalized spacial score (nSPS) is 23.8. The van der Waals surface area contributed by atoms with Crippen LogP contribution in [0.1, 0.15) is 49.8 Å². The summed E-state index contributed by atoms with van der Waals surface area (Å²) in [5.41, 5.74) is 6.12. The summed E-state index contributed by atoms with van der Waals surface area (Å²) >= 11 is 1.76. The van der Waals surface area contributed by atoms with Gasteiger partial charge in [0, 0.05) is 23.4 Å². The van der Waals surface area contributed by atoms with Crippen LogP contribution in [-0.2, 0) is 11.2 Å². The van der Waals surface area contributed by atoms with Gasteiger partial charge in [0.1, 0.15) is 0 Å². The van der Waals surface area contributed by atoms with Crippen LogP contribution in [0.2, 0.25) is 0 Å². The lowest BCUT2D eigenvalue weighted by molar-refractivity contribution is -0.122. The predicted molar refractivity (Wildman–Crippen MR) is 80.2 cm³/mol. The van der Waals surface area contributed by atoms with E-state index in [4.69, 9.17) is 5.73 Å². The van der Waals surface area contributed by atoms with Gasteiger partial charge in [-0.15, -0.1) is 11.3 Å². The molecule has 2 rings (SSSR count). The topological polar surface area (TPSA) is 55.1 Å². The number of thiophene rings is 1. The van der Waals surface area contributed by atoms with Crippen molar-refractivity contribution >= 4 is 17.2 Å². The molecule has 1 fully saturated rings. The summed E-state index contributed by atoms with van der Waals surface area (Å²) in [6.07, 6.45) is 8.26. The van der Waals surface area contributed by atoms with Crippen molar-refractivity contribution in [3.05, 3.63) is 22.4 Å². The number of rotatable bonds is 5. The molecule has 1 aliphatic rings. The van der Waals surface area contributed by atoms with Gasteiger partial charge in [-0.2, -0.15) is 0 Å². The zero-order chi connectivity index (χ0) is 13.5. The number of aryl methyl sites for hydroxylation is 1. The standard InChI is InChI=1S/C15H24N2OS/c16-13-8-2-1-3-9-14(13)17-15(18)10-4-6-12-7-5-11-19-12/h5,7,11,13-14H,1-4,6,8-10,16H2,(H,17,18). The Labute approximate surface area is 119 Å². The Kier molecular flexibility index (Phi) is 5.86. The van der Waals surface area contributed by atoms with Gasteiger partial charge < -0.3 is 11.1 Å².